The van der Waals surface area contributed by atoms with Gasteiger partial charge in [-0.3, -0.25) is 0 Å². The van der Waals surface area contributed by atoms with Crippen LogP contribution in [0.5, 0.6) is 0 Å². The average molecular weight is 697 g/mol. The molecule has 0 radical (unpaired) electrons. The highest BCUT2D eigenvalue weighted by Crippen LogP contribution is 2.21. The van der Waals surface area contributed by atoms with Gasteiger partial charge in [0.25, 0.3) is 0 Å². The number of hydrogen-bond acceptors (Lipinski definition) is 11. The normalized spacial score (nSPS) is 12.0. The first-order valence-electron chi connectivity index (χ1n) is 16.7. The van der Waals surface area contributed by atoms with Gasteiger partial charge in [0.1, 0.15) is 0 Å². The Labute approximate surface area is 284 Å². The molecule has 0 bridgehead atoms. The van der Waals surface area contributed by atoms with Gasteiger partial charge in [-0.15, -0.1) is 0 Å². The summed E-state index contributed by atoms with van der Waals surface area (Å²) in [4.78, 5) is 38.3. The maximum absolute atomic E-state index is 12.2. The smallest absolute Gasteiger partial charge is 0.338 e. The van der Waals surface area contributed by atoms with Crippen molar-refractivity contribution in [1.82, 2.24) is 15.0 Å². The van der Waals surface area contributed by atoms with Crippen LogP contribution in [-0.4, -0.2) is 72.8 Å². The summed E-state index contributed by atoms with van der Waals surface area (Å²) in [5, 5.41) is 9.84. The second-order valence-corrected chi connectivity index (χ2v) is 23.8. The fourth-order valence-electron chi connectivity index (χ4n) is 4.57. The quantitative estimate of drug-likeness (QED) is 0.0621. The molecule has 1 atom stereocenters. The summed E-state index contributed by atoms with van der Waals surface area (Å²) in [6.45, 7) is 17.0. The molecule has 1 aromatic heterocycles. The predicted molar refractivity (Wildman–Crippen MR) is 198 cm³/mol. The van der Waals surface area contributed by atoms with Crippen LogP contribution in [0.1, 0.15) is 53.8 Å². The van der Waals surface area contributed by atoms with Crippen molar-refractivity contribution in [1.29, 1.82) is 0 Å². The van der Waals surface area contributed by atoms with Crippen molar-refractivity contribution >= 4 is 67.3 Å². The monoisotopic (exact) mass is 696 g/mol. The van der Waals surface area contributed by atoms with Crippen LogP contribution in [0.3, 0.4) is 0 Å². The van der Waals surface area contributed by atoms with Crippen molar-refractivity contribution in [3.63, 3.8) is 0 Å². The van der Waals surface area contributed by atoms with Crippen molar-refractivity contribution in [3.05, 3.63) is 59.7 Å². The number of ether oxygens (including phenoxy) is 2. The SMILES string of the molecule is CCCOC(=O)c1ccc(Nc2nc(NCCC[SiH](CC[SiH](C)C)O[Si](C)(C)C)nc(Nc3ccc(C(=O)OCCC)cc3)n2)cc1. The van der Waals surface area contributed by atoms with E-state index in [1.54, 1.807) is 48.5 Å². The van der Waals surface area contributed by atoms with Gasteiger partial charge in [-0.2, -0.15) is 15.0 Å². The van der Waals surface area contributed by atoms with Crippen LogP contribution in [0.15, 0.2) is 48.5 Å². The zero-order valence-corrected chi connectivity index (χ0v) is 32.3. The number of rotatable bonds is 20. The standard InChI is InChI=1S/C33H52N6O5Si3/c1-8-20-42-29(40)25-11-15-27(16-12-25)35-32-37-31(34-19-10-22-46(24-23-45(3)4)44-47(5,6)7)38-33(39-32)36-28-17-13-26(14-18-28)30(41)43-21-9-2/h11-18,45-46H,8-10,19-24H2,1-7H3,(H3,34,35,36,37,38,39). The Morgan fingerprint density at radius 3 is 1.60 bits per heavy atom. The molecule has 0 spiro atoms. The Balaban J connectivity index is 1.74. The Bertz CT molecular complexity index is 1320. The maximum atomic E-state index is 12.2. The third-order valence-electron chi connectivity index (χ3n) is 6.84. The van der Waals surface area contributed by atoms with E-state index in [1.807, 2.05) is 13.8 Å². The van der Waals surface area contributed by atoms with Gasteiger partial charge in [0.15, 0.2) is 17.4 Å². The Hall–Kier alpha value is -3.60. The molecular formula is C33H52N6O5Si3. The van der Waals surface area contributed by atoms with Crippen LogP contribution in [0.25, 0.3) is 0 Å². The van der Waals surface area contributed by atoms with Crippen molar-refractivity contribution in [2.45, 2.75) is 84.0 Å². The molecule has 1 unspecified atom stereocenters. The highest BCUT2D eigenvalue weighted by Gasteiger charge is 2.22. The van der Waals surface area contributed by atoms with Crippen LogP contribution in [0.2, 0.25) is 50.9 Å². The third kappa shape index (κ3) is 14.4. The number of carbonyl (C=O) groups excluding carboxylic acids is 2. The molecule has 0 aliphatic rings. The molecule has 3 rings (SSSR count). The summed E-state index contributed by atoms with van der Waals surface area (Å²) < 4.78 is 17.1. The minimum absolute atomic E-state index is 0.335. The van der Waals surface area contributed by atoms with Crippen LogP contribution in [-0.2, 0) is 13.6 Å². The first-order valence-corrected chi connectivity index (χ1v) is 25.4. The van der Waals surface area contributed by atoms with E-state index in [0.717, 1.165) is 25.3 Å². The first-order chi connectivity index (χ1) is 22.5. The average Bonchev–Trinajstić information content (AvgIpc) is 3.03. The molecule has 14 heteroatoms. The van der Waals surface area contributed by atoms with Gasteiger partial charge in [-0.05, 0) is 99.5 Å². The summed E-state index contributed by atoms with van der Waals surface area (Å²) in [5.41, 5.74) is 2.37. The Morgan fingerprint density at radius 2 is 1.17 bits per heavy atom. The van der Waals surface area contributed by atoms with Crippen LogP contribution >= 0.6 is 0 Å². The van der Waals surface area contributed by atoms with E-state index < -0.39 is 26.2 Å². The maximum Gasteiger partial charge on any atom is 0.338 e. The molecule has 2 aromatic carbocycles. The fourth-order valence-corrected chi connectivity index (χ4v) is 14.6. The summed E-state index contributed by atoms with van der Waals surface area (Å²) in [7, 11) is -3.47. The molecule has 3 aromatic rings. The number of hydrogen-bond donors (Lipinski definition) is 3. The Morgan fingerprint density at radius 1 is 0.702 bits per heavy atom. The lowest BCUT2D eigenvalue weighted by atomic mass is 10.2. The van der Waals surface area contributed by atoms with Gasteiger partial charge >= 0.3 is 11.9 Å². The van der Waals surface area contributed by atoms with Gasteiger partial charge in [-0.25, -0.2) is 9.59 Å². The van der Waals surface area contributed by atoms with Gasteiger partial charge in [-0.1, -0.05) is 33.0 Å². The minimum Gasteiger partial charge on any atom is -0.462 e. The number of nitrogens with zero attached hydrogens (tertiary/aromatic N) is 3. The molecule has 0 fully saturated rings. The minimum atomic E-state index is -1.58. The zero-order valence-electron chi connectivity index (χ0n) is 29.0. The van der Waals surface area contributed by atoms with Gasteiger partial charge in [0.2, 0.25) is 17.8 Å². The van der Waals surface area contributed by atoms with Crippen molar-refractivity contribution < 1.29 is 23.2 Å². The molecule has 47 heavy (non-hydrogen) atoms. The molecule has 3 N–H and O–H groups in total. The van der Waals surface area contributed by atoms with Crippen molar-refractivity contribution in [3.8, 4) is 0 Å². The molecule has 0 saturated carbocycles. The first kappa shape index (κ1) is 37.9. The van der Waals surface area contributed by atoms with E-state index in [4.69, 9.17) is 13.6 Å². The highest BCUT2D eigenvalue weighted by molar-refractivity contribution is 6.77. The summed E-state index contributed by atoms with van der Waals surface area (Å²) in [6, 6.07) is 17.7. The zero-order chi connectivity index (χ0) is 34.2. The van der Waals surface area contributed by atoms with Gasteiger partial charge in [0, 0.05) is 26.7 Å². The second-order valence-electron chi connectivity index (χ2n) is 12.9. The lowest BCUT2D eigenvalue weighted by Gasteiger charge is -2.26. The third-order valence-corrected chi connectivity index (χ3v) is 15.2. The van der Waals surface area contributed by atoms with E-state index in [2.05, 4.69) is 63.6 Å². The molecule has 0 aliphatic carbocycles. The number of nitrogens with one attached hydrogen (secondary N) is 3. The molecular weight excluding hydrogens is 645 g/mol. The van der Waals surface area contributed by atoms with Crippen LogP contribution < -0.4 is 16.0 Å². The Kier molecular flexibility index (Phi) is 15.5. The highest BCUT2D eigenvalue weighted by atomic mass is 28.4. The number of benzene rings is 2. The molecule has 1 heterocycles. The van der Waals surface area contributed by atoms with Crippen molar-refractivity contribution in [2.75, 3.05) is 35.7 Å². The van der Waals surface area contributed by atoms with E-state index in [0.29, 0.717) is 60.1 Å². The summed E-state index contributed by atoms with van der Waals surface area (Å²) in [5.74, 6) is 0.397. The molecule has 0 saturated heterocycles. The van der Waals surface area contributed by atoms with E-state index in [1.165, 1.54) is 12.1 Å². The van der Waals surface area contributed by atoms with Gasteiger partial charge < -0.3 is 29.5 Å². The summed E-state index contributed by atoms with van der Waals surface area (Å²) >= 11 is 0. The number of carbonyl (C=O) groups is 2. The van der Waals surface area contributed by atoms with E-state index in [-0.39, 0.29) is 11.9 Å². The molecule has 0 aliphatic heterocycles. The lowest BCUT2D eigenvalue weighted by molar-refractivity contribution is 0.0496. The lowest BCUT2D eigenvalue weighted by Crippen LogP contribution is -2.35. The molecule has 256 valence electrons. The predicted octanol–water partition coefficient (Wildman–Crippen LogP) is 7.36. The largest absolute Gasteiger partial charge is 0.462 e. The fraction of sp³-hybridized carbons (Fsp3) is 0.485. The van der Waals surface area contributed by atoms with Crippen molar-refractivity contribution in [2.24, 2.45) is 0 Å². The number of aromatic nitrogens is 3. The van der Waals surface area contributed by atoms with E-state index >= 15 is 0 Å². The van der Waals surface area contributed by atoms with E-state index in [9.17, 15) is 9.59 Å². The van der Waals surface area contributed by atoms with Gasteiger partial charge in [0.05, 0.1) is 24.3 Å². The van der Waals surface area contributed by atoms with Crippen LogP contribution in [0.4, 0.5) is 29.2 Å². The van der Waals surface area contributed by atoms with Crippen LogP contribution in [0, 0.1) is 0 Å². The summed E-state index contributed by atoms with van der Waals surface area (Å²) in [6.07, 6.45) is 2.51. The number of esters is 2. The molecule has 0 amide bonds. The topological polar surface area (TPSA) is 137 Å². The number of anilines is 5. The molecule has 11 nitrogen and oxygen atoms in total. The second kappa shape index (κ2) is 19.3.